The molecule has 14 heteroatoms. The molecule has 12 nitrogen and oxygen atoms in total. The Labute approximate surface area is 372 Å². The summed E-state index contributed by atoms with van der Waals surface area (Å²) in [6.45, 7) is 14.4. The average Bonchev–Trinajstić information content (AvgIpc) is 3.22. The van der Waals surface area contributed by atoms with Crippen LogP contribution in [0.5, 0.6) is 17.2 Å². The molecule has 0 aromatic heterocycles. The summed E-state index contributed by atoms with van der Waals surface area (Å²) in [4.78, 5) is 25.2. The maximum Gasteiger partial charge on any atom is 0.417 e. The number of nitrogens with one attached hydrogen (secondary N) is 2. The summed E-state index contributed by atoms with van der Waals surface area (Å²) < 4.78 is 84.3. The number of anilines is 2. The maximum atomic E-state index is 13.1. The summed E-state index contributed by atoms with van der Waals surface area (Å²) >= 11 is 0. The van der Waals surface area contributed by atoms with Crippen molar-refractivity contribution < 1.29 is 45.0 Å². The van der Waals surface area contributed by atoms with Crippen molar-refractivity contribution in [1.82, 2.24) is 0 Å². The third kappa shape index (κ3) is 9.08. The highest BCUT2D eigenvalue weighted by Gasteiger charge is 2.28. The van der Waals surface area contributed by atoms with Gasteiger partial charge in [-0.25, -0.2) is 4.79 Å². The first kappa shape index (κ1) is 45.4. The van der Waals surface area contributed by atoms with E-state index in [0.29, 0.717) is 50.6 Å². The smallest absolute Gasteiger partial charge is 0.417 e. The number of hydrogen-bond donors (Lipinski definition) is 4. The Morgan fingerprint density at radius 2 is 1.38 bits per heavy atom. The molecule has 0 aliphatic carbocycles. The lowest BCUT2D eigenvalue weighted by Crippen LogP contribution is -2.22. The summed E-state index contributed by atoms with van der Waals surface area (Å²) in [5.41, 5.74) is 8.27. The SMILES string of the molecule is Cc1cc(C)c(NC(=O)C(C)C)c(C)c1Cc1ccc2c(c1)Oc1c/c(=C/c3c(C)c(NC(=O)Oc4ccccc4)c(C)c(S(=O)(=O)O)c3C)ccc1=C2c1ccccc1S(=O)(=O)O. The molecule has 2 amide bonds. The molecule has 64 heavy (non-hydrogen) atoms. The lowest BCUT2D eigenvalue weighted by atomic mass is 9.89. The summed E-state index contributed by atoms with van der Waals surface area (Å²) in [6.07, 6.45) is 1.31. The van der Waals surface area contributed by atoms with Crippen LogP contribution in [0.15, 0.2) is 107 Å². The largest absolute Gasteiger partial charge is 0.456 e. The molecule has 330 valence electrons. The van der Waals surface area contributed by atoms with E-state index in [-0.39, 0.29) is 49.7 Å². The number of fused-ring (bicyclic) bond motifs is 2. The average molecular weight is 901 g/mol. The van der Waals surface area contributed by atoms with Crippen LogP contribution >= 0.6 is 0 Å². The lowest BCUT2D eigenvalue weighted by molar-refractivity contribution is -0.118. The number of carbonyl (C=O) groups excluding carboxylic acids is 2. The molecule has 6 aromatic carbocycles. The normalized spacial score (nSPS) is 12.7. The Bertz CT molecular complexity index is 3270. The molecule has 4 N–H and O–H groups in total. The van der Waals surface area contributed by atoms with Gasteiger partial charge in [0.2, 0.25) is 5.91 Å². The Morgan fingerprint density at radius 3 is 2.05 bits per heavy atom. The number of ether oxygens (including phenoxy) is 2. The maximum absolute atomic E-state index is 13.1. The second-order valence-corrected chi connectivity index (χ2v) is 19.0. The van der Waals surface area contributed by atoms with E-state index in [9.17, 15) is 35.5 Å². The number of para-hydroxylation sites is 1. The van der Waals surface area contributed by atoms with Gasteiger partial charge in [-0.05, 0) is 146 Å². The van der Waals surface area contributed by atoms with Gasteiger partial charge in [0.15, 0.2) is 0 Å². The van der Waals surface area contributed by atoms with Gasteiger partial charge in [0, 0.05) is 33.5 Å². The molecule has 1 heterocycles. The molecule has 0 fully saturated rings. The number of aryl methyl sites for hydroxylation is 2. The highest BCUT2D eigenvalue weighted by atomic mass is 32.2. The van der Waals surface area contributed by atoms with Gasteiger partial charge in [0.05, 0.1) is 5.69 Å². The zero-order chi connectivity index (χ0) is 46.4. The van der Waals surface area contributed by atoms with Crippen LogP contribution < -0.4 is 30.5 Å². The monoisotopic (exact) mass is 900 g/mol. The molecule has 1 aliphatic rings. The third-order valence-electron chi connectivity index (χ3n) is 11.5. The highest BCUT2D eigenvalue weighted by Crippen LogP contribution is 2.40. The number of hydrogen-bond acceptors (Lipinski definition) is 8. The lowest BCUT2D eigenvalue weighted by Gasteiger charge is -2.24. The van der Waals surface area contributed by atoms with Gasteiger partial charge >= 0.3 is 6.09 Å². The number of amides is 2. The van der Waals surface area contributed by atoms with Gasteiger partial charge in [0.1, 0.15) is 27.0 Å². The minimum atomic E-state index is -4.79. The number of rotatable bonds is 10. The van der Waals surface area contributed by atoms with Gasteiger partial charge in [-0.15, -0.1) is 0 Å². The van der Waals surface area contributed by atoms with Crippen molar-refractivity contribution in [3.63, 3.8) is 0 Å². The fraction of sp³-hybridized carbons (Fsp3) is 0.200. The number of carbonyl (C=O) groups is 2. The van der Waals surface area contributed by atoms with Crippen molar-refractivity contribution in [1.29, 1.82) is 0 Å². The first-order chi connectivity index (χ1) is 30.1. The van der Waals surface area contributed by atoms with Crippen molar-refractivity contribution in [2.24, 2.45) is 5.92 Å². The van der Waals surface area contributed by atoms with E-state index < -0.39 is 26.3 Å². The first-order valence-electron chi connectivity index (χ1n) is 20.4. The van der Waals surface area contributed by atoms with Crippen LogP contribution in [0, 0.1) is 47.5 Å². The van der Waals surface area contributed by atoms with Gasteiger partial charge in [-0.1, -0.05) is 74.5 Å². The molecule has 0 saturated heterocycles. The van der Waals surface area contributed by atoms with Crippen LogP contribution in [-0.4, -0.2) is 37.9 Å². The van der Waals surface area contributed by atoms with Crippen molar-refractivity contribution in [3.05, 3.63) is 169 Å². The van der Waals surface area contributed by atoms with E-state index in [1.54, 1.807) is 80.6 Å². The van der Waals surface area contributed by atoms with E-state index in [1.165, 1.54) is 19.1 Å². The Morgan fingerprint density at radius 1 is 0.688 bits per heavy atom. The minimum Gasteiger partial charge on any atom is -0.456 e. The van der Waals surface area contributed by atoms with Crippen molar-refractivity contribution >= 4 is 55.3 Å². The predicted molar refractivity (Wildman–Crippen MR) is 247 cm³/mol. The topological polar surface area (TPSA) is 185 Å². The molecule has 0 unspecified atom stereocenters. The second kappa shape index (κ2) is 17.5. The fourth-order valence-electron chi connectivity index (χ4n) is 8.40. The molecule has 0 saturated carbocycles. The predicted octanol–water partition coefficient (Wildman–Crippen LogP) is 9.01. The number of benzene rings is 6. The molecule has 6 aromatic rings. The van der Waals surface area contributed by atoms with E-state index in [2.05, 4.69) is 10.6 Å². The standard InChI is InChI=1S/C50H48N2O10S2/c1-27(2)49(53)51-46-29(4)22-28(3)40(30(46)5)23-34-18-20-37-42(25-34)62-43-26-35(19-21-38(43)45(37)39-16-12-13-17-44(39)63(55,56)57)24-41-31(6)47(33(8)48(32(41)7)64(58,59)60)52-50(54)61-36-14-10-9-11-15-36/h9-22,24-27H,23H2,1-8H3,(H,51,53)(H,52,54)(H,55,56,57)(H,58,59,60)/b35-24+. The van der Waals surface area contributed by atoms with E-state index in [0.717, 1.165) is 33.5 Å². The van der Waals surface area contributed by atoms with Crippen LogP contribution in [0.2, 0.25) is 0 Å². The van der Waals surface area contributed by atoms with Gasteiger partial charge in [-0.2, -0.15) is 16.8 Å². The van der Waals surface area contributed by atoms with Crippen molar-refractivity contribution in [2.75, 3.05) is 10.6 Å². The van der Waals surface area contributed by atoms with E-state index >= 15 is 0 Å². The summed E-state index contributed by atoms with van der Waals surface area (Å²) in [7, 11) is -9.47. The first-order valence-corrected chi connectivity index (χ1v) is 23.3. The highest BCUT2D eigenvalue weighted by molar-refractivity contribution is 7.86. The summed E-state index contributed by atoms with van der Waals surface area (Å²) in [5.74, 6) is 0.728. The Hall–Kier alpha value is -6.58. The van der Waals surface area contributed by atoms with Crippen LogP contribution in [0.3, 0.4) is 0 Å². The van der Waals surface area contributed by atoms with Gasteiger partial charge < -0.3 is 14.8 Å². The molecular weight excluding hydrogens is 853 g/mol. The Balaban J connectivity index is 1.39. The molecular formula is C50H48N2O10S2. The van der Waals surface area contributed by atoms with Gasteiger partial charge in [0.25, 0.3) is 20.2 Å². The fourth-order valence-corrected chi connectivity index (χ4v) is 10.1. The zero-order valence-corrected chi connectivity index (χ0v) is 38.2. The van der Waals surface area contributed by atoms with Crippen molar-refractivity contribution in [2.45, 2.75) is 71.6 Å². The molecule has 0 atom stereocenters. The molecule has 0 bridgehead atoms. The molecule has 1 aliphatic heterocycles. The quantitative estimate of drug-likeness (QED) is 0.0966. The van der Waals surface area contributed by atoms with Crippen LogP contribution in [0.25, 0.3) is 11.6 Å². The Kier molecular flexibility index (Phi) is 12.4. The van der Waals surface area contributed by atoms with Crippen LogP contribution in [0.4, 0.5) is 16.2 Å². The second-order valence-electron chi connectivity index (χ2n) is 16.3. The summed E-state index contributed by atoms with van der Waals surface area (Å²) in [5, 5.41) is 6.82. The minimum absolute atomic E-state index is 0.0843. The van der Waals surface area contributed by atoms with Crippen LogP contribution in [0.1, 0.15) is 75.0 Å². The zero-order valence-electron chi connectivity index (χ0n) is 36.6. The van der Waals surface area contributed by atoms with Crippen LogP contribution in [-0.2, 0) is 31.5 Å². The van der Waals surface area contributed by atoms with E-state index in [4.69, 9.17) is 9.47 Å². The van der Waals surface area contributed by atoms with Crippen molar-refractivity contribution in [3.8, 4) is 17.2 Å². The molecule has 0 radical (unpaired) electrons. The molecule has 0 spiro atoms. The molecule has 7 rings (SSSR count). The summed E-state index contributed by atoms with van der Waals surface area (Å²) in [6, 6.07) is 27.4. The third-order valence-corrected chi connectivity index (χ3v) is 13.6. The van der Waals surface area contributed by atoms with Gasteiger partial charge in [-0.3, -0.25) is 19.2 Å². The van der Waals surface area contributed by atoms with E-state index in [1.807, 2.05) is 58.9 Å².